The van der Waals surface area contributed by atoms with E-state index < -0.39 is 5.54 Å². The summed E-state index contributed by atoms with van der Waals surface area (Å²) in [5.41, 5.74) is 6.12. The van der Waals surface area contributed by atoms with Gasteiger partial charge in [-0.3, -0.25) is 9.59 Å². The van der Waals surface area contributed by atoms with Gasteiger partial charge in [0.25, 0.3) is 0 Å². The second-order valence-electron chi connectivity index (χ2n) is 6.94. The summed E-state index contributed by atoms with van der Waals surface area (Å²) < 4.78 is 11.0. The largest absolute Gasteiger partial charge is 0.486 e. The summed E-state index contributed by atoms with van der Waals surface area (Å²) in [4.78, 5) is 26.2. The van der Waals surface area contributed by atoms with Crippen molar-refractivity contribution in [3.8, 4) is 11.5 Å². The van der Waals surface area contributed by atoms with Crippen molar-refractivity contribution in [1.82, 2.24) is 5.32 Å². The van der Waals surface area contributed by atoms with Gasteiger partial charge in [0, 0.05) is 36.8 Å². The Labute approximate surface area is 141 Å². The van der Waals surface area contributed by atoms with E-state index in [1.165, 1.54) is 0 Å². The normalized spacial score (nSPS) is 20.2. The van der Waals surface area contributed by atoms with Gasteiger partial charge in [-0.2, -0.15) is 0 Å². The van der Waals surface area contributed by atoms with Crippen LogP contribution in [-0.2, 0) is 9.59 Å². The maximum absolute atomic E-state index is 12.3. The molecule has 0 saturated carbocycles. The number of benzene rings is 1. The molecule has 2 heterocycles. The van der Waals surface area contributed by atoms with Crippen LogP contribution in [0.4, 0.5) is 5.69 Å². The highest BCUT2D eigenvalue weighted by molar-refractivity contribution is 6.00. The van der Waals surface area contributed by atoms with E-state index >= 15 is 0 Å². The number of hydrogen-bond acceptors (Lipinski definition) is 5. The highest BCUT2D eigenvalue weighted by Crippen LogP contribution is 2.35. The minimum Gasteiger partial charge on any atom is -0.486 e. The van der Waals surface area contributed by atoms with Crippen molar-refractivity contribution in [2.24, 2.45) is 11.7 Å². The van der Waals surface area contributed by atoms with E-state index in [0.29, 0.717) is 37.8 Å². The minimum atomic E-state index is -0.478. The molecule has 2 aliphatic rings. The number of anilines is 1. The second kappa shape index (κ2) is 6.32. The quantitative estimate of drug-likeness (QED) is 0.844. The number of rotatable bonds is 4. The molecular weight excluding hydrogens is 310 g/mol. The Morgan fingerprint density at radius 1 is 1.33 bits per heavy atom. The van der Waals surface area contributed by atoms with Crippen LogP contribution in [-0.4, -0.2) is 43.7 Å². The number of amides is 2. The summed E-state index contributed by atoms with van der Waals surface area (Å²) in [6.45, 7) is 5.43. The number of fused-ring (bicyclic) bond motifs is 1. The van der Waals surface area contributed by atoms with Crippen LogP contribution in [0.2, 0.25) is 0 Å². The maximum Gasteiger partial charge on any atom is 0.227 e. The predicted octanol–water partition coefficient (Wildman–Crippen LogP) is 0.664. The van der Waals surface area contributed by atoms with E-state index in [0.717, 1.165) is 5.69 Å². The lowest BCUT2D eigenvalue weighted by atomic mass is 10.1. The number of ether oxygens (including phenoxy) is 2. The topological polar surface area (TPSA) is 93.9 Å². The molecule has 0 bridgehead atoms. The molecule has 1 fully saturated rings. The van der Waals surface area contributed by atoms with Crippen molar-refractivity contribution in [2.45, 2.75) is 25.8 Å². The molecule has 0 aromatic heterocycles. The first-order valence-corrected chi connectivity index (χ1v) is 8.10. The van der Waals surface area contributed by atoms with Crippen molar-refractivity contribution >= 4 is 17.5 Å². The molecule has 1 atom stereocenters. The summed E-state index contributed by atoms with van der Waals surface area (Å²) in [5, 5.41) is 2.82. The first-order valence-electron chi connectivity index (χ1n) is 8.10. The Balaban J connectivity index is 1.67. The lowest BCUT2D eigenvalue weighted by Gasteiger charge is -2.22. The highest BCUT2D eigenvalue weighted by Gasteiger charge is 2.35. The molecule has 7 heteroatoms. The minimum absolute atomic E-state index is 0.0705. The molecule has 0 radical (unpaired) electrons. The zero-order chi connectivity index (χ0) is 17.3. The maximum atomic E-state index is 12.3. The van der Waals surface area contributed by atoms with E-state index in [1.807, 2.05) is 19.9 Å². The Hall–Kier alpha value is -2.28. The lowest BCUT2D eigenvalue weighted by molar-refractivity contribution is -0.126. The third kappa shape index (κ3) is 3.62. The van der Waals surface area contributed by atoms with Gasteiger partial charge in [-0.15, -0.1) is 0 Å². The van der Waals surface area contributed by atoms with Gasteiger partial charge in [0.1, 0.15) is 13.2 Å². The van der Waals surface area contributed by atoms with Crippen LogP contribution in [0.25, 0.3) is 0 Å². The Bertz CT molecular complexity index is 654. The third-order valence-corrected chi connectivity index (χ3v) is 4.05. The molecule has 3 N–H and O–H groups in total. The van der Waals surface area contributed by atoms with Gasteiger partial charge in [0.2, 0.25) is 11.8 Å². The molecule has 3 rings (SSSR count). The van der Waals surface area contributed by atoms with Gasteiger partial charge < -0.3 is 25.4 Å². The molecular formula is C17H23N3O4. The molecule has 7 nitrogen and oxygen atoms in total. The van der Waals surface area contributed by atoms with Crippen LogP contribution in [0.3, 0.4) is 0 Å². The molecule has 0 spiro atoms. The summed E-state index contributed by atoms with van der Waals surface area (Å²) in [6, 6.07) is 5.39. The van der Waals surface area contributed by atoms with Gasteiger partial charge in [-0.05, 0) is 26.0 Å². The zero-order valence-corrected chi connectivity index (χ0v) is 14.0. The van der Waals surface area contributed by atoms with Crippen LogP contribution in [0.5, 0.6) is 11.5 Å². The zero-order valence-electron chi connectivity index (χ0n) is 14.0. The van der Waals surface area contributed by atoms with Crippen molar-refractivity contribution in [3.05, 3.63) is 18.2 Å². The van der Waals surface area contributed by atoms with Crippen LogP contribution < -0.4 is 25.4 Å². The van der Waals surface area contributed by atoms with Gasteiger partial charge in [-0.25, -0.2) is 0 Å². The number of nitrogens with zero attached hydrogens (tertiary/aromatic N) is 1. The number of carbonyl (C=O) groups is 2. The first kappa shape index (κ1) is 16.6. The molecule has 1 aromatic carbocycles. The van der Waals surface area contributed by atoms with Gasteiger partial charge in [-0.1, -0.05) is 0 Å². The average molecular weight is 333 g/mol. The van der Waals surface area contributed by atoms with Crippen LogP contribution >= 0.6 is 0 Å². The van der Waals surface area contributed by atoms with Crippen LogP contribution in [0.1, 0.15) is 20.3 Å². The SMILES string of the molecule is CC(C)(N)CNC(=O)C1CC(=O)N(c2ccc3c(c2)OCCO3)C1. The molecule has 2 amide bonds. The standard InChI is InChI=1S/C17H23N3O4/c1-17(2,18)10-19-16(22)11-7-15(21)20(9-11)12-3-4-13-14(8-12)24-6-5-23-13/h3-4,8,11H,5-7,9-10,18H2,1-2H3,(H,19,22). The average Bonchev–Trinajstić information content (AvgIpc) is 2.93. The summed E-state index contributed by atoms with van der Waals surface area (Å²) in [5.74, 6) is 0.731. The molecule has 1 aromatic rings. The van der Waals surface area contributed by atoms with E-state index in [4.69, 9.17) is 15.2 Å². The molecule has 0 aliphatic carbocycles. The van der Waals surface area contributed by atoms with Crippen LogP contribution in [0.15, 0.2) is 18.2 Å². The highest BCUT2D eigenvalue weighted by atomic mass is 16.6. The van der Waals surface area contributed by atoms with Gasteiger partial charge in [0.05, 0.1) is 5.92 Å². The summed E-state index contributed by atoms with van der Waals surface area (Å²) in [7, 11) is 0. The number of carbonyl (C=O) groups excluding carboxylic acids is 2. The first-order chi connectivity index (χ1) is 11.3. The van der Waals surface area contributed by atoms with Crippen molar-refractivity contribution in [2.75, 3.05) is 31.2 Å². The predicted molar refractivity (Wildman–Crippen MR) is 89.2 cm³/mol. The van der Waals surface area contributed by atoms with Crippen molar-refractivity contribution < 1.29 is 19.1 Å². The van der Waals surface area contributed by atoms with Crippen molar-refractivity contribution in [3.63, 3.8) is 0 Å². The Morgan fingerprint density at radius 2 is 2.04 bits per heavy atom. The van der Waals surface area contributed by atoms with E-state index in [2.05, 4.69) is 5.32 Å². The van der Waals surface area contributed by atoms with Gasteiger partial charge >= 0.3 is 0 Å². The fraction of sp³-hybridized carbons (Fsp3) is 0.529. The molecule has 24 heavy (non-hydrogen) atoms. The lowest BCUT2D eigenvalue weighted by Crippen LogP contribution is -2.46. The fourth-order valence-electron chi connectivity index (χ4n) is 2.79. The number of hydrogen-bond donors (Lipinski definition) is 2. The van der Waals surface area contributed by atoms with E-state index in [-0.39, 0.29) is 24.2 Å². The number of nitrogens with one attached hydrogen (secondary N) is 1. The Kier molecular flexibility index (Phi) is 4.36. The third-order valence-electron chi connectivity index (χ3n) is 4.05. The smallest absolute Gasteiger partial charge is 0.227 e. The molecule has 1 unspecified atom stereocenters. The second-order valence-corrected chi connectivity index (χ2v) is 6.94. The molecule has 130 valence electrons. The van der Waals surface area contributed by atoms with Gasteiger partial charge in [0.15, 0.2) is 11.5 Å². The number of nitrogens with two attached hydrogens (primary N) is 1. The van der Waals surface area contributed by atoms with Crippen LogP contribution in [0, 0.1) is 5.92 Å². The fourth-order valence-corrected chi connectivity index (χ4v) is 2.79. The van der Waals surface area contributed by atoms with E-state index in [1.54, 1.807) is 17.0 Å². The molecule has 2 aliphatic heterocycles. The Morgan fingerprint density at radius 3 is 2.75 bits per heavy atom. The molecule has 1 saturated heterocycles. The van der Waals surface area contributed by atoms with E-state index in [9.17, 15) is 9.59 Å². The van der Waals surface area contributed by atoms with Crippen molar-refractivity contribution in [1.29, 1.82) is 0 Å². The monoisotopic (exact) mass is 333 g/mol. The summed E-state index contributed by atoms with van der Waals surface area (Å²) in [6.07, 6.45) is 0.200. The summed E-state index contributed by atoms with van der Waals surface area (Å²) >= 11 is 0.